The molecule has 6 nitrogen and oxygen atoms in total. The van der Waals surface area contributed by atoms with Gasteiger partial charge in [0.25, 0.3) is 5.91 Å². The molecule has 25 heavy (non-hydrogen) atoms. The average Bonchev–Trinajstić information content (AvgIpc) is 3.05. The Morgan fingerprint density at radius 3 is 2.48 bits per heavy atom. The number of aryl methyl sites for hydroxylation is 2. The maximum Gasteiger partial charge on any atom is 0.255 e. The molecule has 2 atom stereocenters. The molecule has 1 N–H and O–H groups in total. The van der Waals surface area contributed by atoms with Crippen LogP contribution in [0.4, 0.5) is 0 Å². The van der Waals surface area contributed by atoms with Crippen molar-refractivity contribution in [2.45, 2.75) is 19.8 Å². The molecule has 2 saturated heterocycles. The van der Waals surface area contributed by atoms with E-state index in [0.717, 1.165) is 67.6 Å². The van der Waals surface area contributed by atoms with Gasteiger partial charge in [0.15, 0.2) is 5.65 Å². The van der Waals surface area contributed by atoms with E-state index in [-0.39, 0.29) is 30.7 Å². The molecule has 0 bridgehead atoms. The first-order valence-electron chi connectivity index (χ1n) is 8.43. The van der Waals surface area contributed by atoms with E-state index in [1.165, 1.54) is 0 Å². The molecule has 2 aliphatic heterocycles. The molecule has 0 spiro atoms. The number of nitrogens with zero attached hydrogens (tertiary/aromatic N) is 4. The first-order chi connectivity index (χ1) is 11.1. The van der Waals surface area contributed by atoms with E-state index < -0.39 is 0 Å². The van der Waals surface area contributed by atoms with Crippen LogP contribution >= 0.6 is 24.8 Å². The van der Waals surface area contributed by atoms with Gasteiger partial charge in [-0.1, -0.05) is 0 Å². The van der Waals surface area contributed by atoms with Gasteiger partial charge in [-0.05, 0) is 50.8 Å². The summed E-state index contributed by atoms with van der Waals surface area (Å²) in [5.74, 6) is 1.57. The third-order valence-electron chi connectivity index (χ3n) is 5.42. The molecule has 2 aromatic rings. The molecule has 4 rings (SSSR count). The smallest absolute Gasteiger partial charge is 0.255 e. The zero-order valence-electron chi connectivity index (χ0n) is 14.6. The van der Waals surface area contributed by atoms with E-state index in [1.807, 2.05) is 24.9 Å². The van der Waals surface area contributed by atoms with Crippen molar-refractivity contribution in [3.8, 4) is 0 Å². The number of fused-ring (bicyclic) bond motifs is 2. The molecule has 0 unspecified atom stereocenters. The number of aromatic nitrogens is 3. The van der Waals surface area contributed by atoms with Crippen molar-refractivity contribution in [1.82, 2.24) is 25.0 Å². The maximum atomic E-state index is 12.9. The largest absolute Gasteiger partial charge is 0.339 e. The molecule has 0 radical (unpaired) electrons. The van der Waals surface area contributed by atoms with Gasteiger partial charge in [0.2, 0.25) is 0 Å². The van der Waals surface area contributed by atoms with Crippen molar-refractivity contribution in [3.63, 3.8) is 0 Å². The first-order valence-corrected chi connectivity index (χ1v) is 8.43. The number of carbonyl (C=O) groups is 1. The van der Waals surface area contributed by atoms with Crippen molar-refractivity contribution >= 4 is 41.8 Å². The standard InChI is InChI=1S/C17H23N5O.2ClH/c1-11-15-7-14(10-19-16(15)21(2)20-11)17(23)22-5-3-12-8-18-9-13(12)4-6-22;;/h7,10,12-13,18H,3-6,8-9H2,1-2H3;2*1H/t12-,13+;;. The van der Waals surface area contributed by atoms with Crippen LogP contribution in [0.15, 0.2) is 12.3 Å². The van der Waals surface area contributed by atoms with Gasteiger partial charge in [-0.15, -0.1) is 24.8 Å². The number of rotatable bonds is 1. The van der Waals surface area contributed by atoms with Gasteiger partial charge in [0.05, 0.1) is 11.3 Å². The molecule has 2 aliphatic rings. The number of carbonyl (C=O) groups excluding carboxylic acids is 1. The topological polar surface area (TPSA) is 63.1 Å². The summed E-state index contributed by atoms with van der Waals surface area (Å²) in [6, 6.07) is 1.94. The summed E-state index contributed by atoms with van der Waals surface area (Å²) in [6.45, 7) is 5.88. The highest BCUT2D eigenvalue weighted by molar-refractivity contribution is 5.97. The number of likely N-dealkylation sites (tertiary alicyclic amines) is 1. The van der Waals surface area contributed by atoms with E-state index in [0.29, 0.717) is 5.56 Å². The molecule has 2 fully saturated rings. The molecule has 4 heterocycles. The van der Waals surface area contributed by atoms with E-state index >= 15 is 0 Å². The number of pyridine rings is 1. The number of hydrogen-bond acceptors (Lipinski definition) is 4. The monoisotopic (exact) mass is 385 g/mol. The molecule has 0 aromatic carbocycles. The van der Waals surface area contributed by atoms with Crippen molar-refractivity contribution in [3.05, 3.63) is 23.5 Å². The van der Waals surface area contributed by atoms with Gasteiger partial charge in [0.1, 0.15) is 0 Å². The van der Waals surface area contributed by atoms with Crippen LogP contribution in [0, 0.1) is 18.8 Å². The first kappa shape index (κ1) is 19.9. The lowest BCUT2D eigenvalue weighted by molar-refractivity contribution is 0.0758. The fourth-order valence-electron chi connectivity index (χ4n) is 4.03. The Labute approximate surface area is 160 Å². The van der Waals surface area contributed by atoms with Crippen LogP contribution in [0.1, 0.15) is 28.9 Å². The predicted molar refractivity (Wildman–Crippen MR) is 103 cm³/mol. The van der Waals surface area contributed by atoms with Crippen LogP contribution in [0.5, 0.6) is 0 Å². The molecule has 0 saturated carbocycles. The van der Waals surface area contributed by atoms with Gasteiger partial charge in [-0.3, -0.25) is 9.48 Å². The highest BCUT2D eigenvalue weighted by Crippen LogP contribution is 2.28. The summed E-state index contributed by atoms with van der Waals surface area (Å²) >= 11 is 0. The van der Waals surface area contributed by atoms with Crippen molar-refractivity contribution in [2.24, 2.45) is 18.9 Å². The highest BCUT2D eigenvalue weighted by atomic mass is 35.5. The fraction of sp³-hybridized carbons (Fsp3) is 0.588. The van der Waals surface area contributed by atoms with Crippen LogP contribution < -0.4 is 5.32 Å². The van der Waals surface area contributed by atoms with E-state index in [9.17, 15) is 4.79 Å². The molecule has 8 heteroatoms. The lowest BCUT2D eigenvalue weighted by atomic mass is 9.92. The summed E-state index contributed by atoms with van der Waals surface area (Å²) in [6.07, 6.45) is 3.90. The minimum absolute atomic E-state index is 0. The second kappa shape index (κ2) is 7.89. The van der Waals surface area contributed by atoms with Gasteiger partial charge in [-0.25, -0.2) is 4.98 Å². The molecule has 0 aliphatic carbocycles. The van der Waals surface area contributed by atoms with E-state index in [4.69, 9.17) is 0 Å². The van der Waals surface area contributed by atoms with Crippen LogP contribution in [-0.4, -0.2) is 51.8 Å². The lowest BCUT2D eigenvalue weighted by Gasteiger charge is -2.20. The molecular weight excluding hydrogens is 361 g/mol. The summed E-state index contributed by atoms with van der Waals surface area (Å²) in [5, 5.41) is 8.82. The Morgan fingerprint density at radius 1 is 1.20 bits per heavy atom. The van der Waals surface area contributed by atoms with Crippen molar-refractivity contribution < 1.29 is 4.79 Å². The molecule has 2 aromatic heterocycles. The van der Waals surface area contributed by atoms with Crippen LogP contribution in [0.25, 0.3) is 11.0 Å². The normalized spacial score (nSPS) is 22.7. The summed E-state index contributed by atoms with van der Waals surface area (Å²) in [4.78, 5) is 19.3. The Kier molecular flexibility index (Phi) is 6.30. The third kappa shape index (κ3) is 3.61. The molecular formula is C17H25Cl2N5O. The van der Waals surface area contributed by atoms with E-state index in [1.54, 1.807) is 10.9 Å². The third-order valence-corrected chi connectivity index (χ3v) is 5.42. The molecule has 1 amide bonds. The Balaban J connectivity index is 0.00000113. The number of hydrogen-bond donors (Lipinski definition) is 1. The zero-order chi connectivity index (χ0) is 16.0. The minimum atomic E-state index is 0. The van der Waals surface area contributed by atoms with Gasteiger partial charge in [0, 0.05) is 31.7 Å². The van der Waals surface area contributed by atoms with Gasteiger partial charge < -0.3 is 10.2 Å². The number of amides is 1. The summed E-state index contributed by atoms with van der Waals surface area (Å²) < 4.78 is 1.76. The molecule has 138 valence electrons. The van der Waals surface area contributed by atoms with Crippen LogP contribution in [-0.2, 0) is 7.05 Å². The second-order valence-electron chi connectivity index (χ2n) is 6.85. The quantitative estimate of drug-likeness (QED) is 0.816. The van der Waals surface area contributed by atoms with Crippen LogP contribution in [0.3, 0.4) is 0 Å². The number of halogens is 2. The van der Waals surface area contributed by atoms with Gasteiger partial charge >= 0.3 is 0 Å². The predicted octanol–water partition coefficient (Wildman–Crippen LogP) is 2.19. The second-order valence-corrected chi connectivity index (χ2v) is 6.85. The van der Waals surface area contributed by atoms with Crippen LogP contribution in [0.2, 0.25) is 0 Å². The Morgan fingerprint density at radius 2 is 1.84 bits per heavy atom. The maximum absolute atomic E-state index is 12.9. The fourth-order valence-corrected chi connectivity index (χ4v) is 4.03. The number of nitrogens with one attached hydrogen (secondary N) is 1. The van der Waals surface area contributed by atoms with Crippen molar-refractivity contribution in [2.75, 3.05) is 26.2 Å². The van der Waals surface area contributed by atoms with Gasteiger partial charge in [-0.2, -0.15) is 5.10 Å². The minimum Gasteiger partial charge on any atom is -0.339 e. The zero-order valence-corrected chi connectivity index (χ0v) is 16.2. The SMILES string of the molecule is Cc1nn(C)c2ncc(C(=O)N3CC[C@@H]4CNC[C@@H]4CC3)cc12.Cl.Cl. The average molecular weight is 386 g/mol. The lowest BCUT2D eigenvalue weighted by Crippen LogP contribution is -2.32. The highest BCUT2D eigenvalue weighted by Gasteiger charge is 2.31. The Bertz CT molecular complexity index is 749. The summed E-state index contributed by atoms with van der Waals surface area (Å²) in [7, 11) is 1.88. The van der Waals surface area contributed by atoms with Crippen molar-refractivity contribution in [1.29, 1.82) is 0 Å². The van der Waals surface area contributed by atoms with E-state index in [2.05, 4.69) is 15.4 Å². The summed E-state index contributed by atoms with van der Waals surface area (Å²) in [5.41, 5.74) is 2.43. The Hall–Kier alpha value is -1.37.